The molecule has 0 atom stereocenters. The summed E-state index contributed by atoms with van der Waals surface area (Å²) in [6.45, 7) is 6.72. The van der Waals surface area contributed by atoms with Crippen molar-refractivity contribution >= 4 is 33.3 Å². The Morgan fingerprint density at radius 1 is 1.50 bits per heavy atom. The minimum atomic E-state index is -0.785. The lowest BCUT2D eigenvalue weighted by Gasteiger charge is -2.29. The van der Waals surface area contributed by atoms with E-state index in [-0.39, 0.29) is 0 Å². The van der Waals surface area contributed by atoms with Crippen molar-refractivity contribution in [1.29, 1.82) is 0 Å². The van der Waals surface area contributed by atoms with Crippen LogP contribution < -0.4 is 4.90 Å². The number of aromatic nitrogens is 2. The highest BCUT2D eigenvalue weighted by molar-refractivity contribution is 9.10. The van der Waals surface area contributed by atoms with E-state index in [1.165, 1.54) is 6.33 Å². The van der Waals surface area contributed by atoms with Crippen molar-refractivity contribution in [3.8, 4) is 0 Å². The zero-order valence-electron chi connectivity index (χ0n) is 9.54. The molecule has 0 amide bonds. The van der Waals surface area contributed by atoms with E-state index in [2.05, 4.69) is 25.9 Å². The summed E-state index contributed by atoms with van der Waals surface area (Å²) in [6.07, 6.45) is 1.41. The van der Waals surface area contributed by atoms with Gasteiger partial charge in [-0.3, -0.25) is 0 Å². The van der Waals surface area contributed by atoms with Crippen molar-refractivity contribution in [3.05, 3.63) is 16.0 Å². The van der Waals surface area contributed by atoms with Crippen molar-refractivity contribution in [3.63, 3.8) is 0 Å². The number of hydrogen-bond donors (Lipinski definition) is 1. The number of likely N-dealkylation sites (N-methyl/N-ethyl adjacent to an activating group) is 1. The van der Waals surface area contributed by atoms with Gasteiger partial charge in [0.05, 0.1) is 10.1 Å². The molecule has 0 fully saturated rings. The first-order valence-electron chi connectivity index (χ1n) is 4.98. The third-order valence-corrected chi connectivity index (χ3v) is 3.23. The first-order chi connectivity index (χ1) is 7.35. The van der Waals surface area contributed by atoms with Crippen LogP contribution in [0.4, 0.5) is 5.82 Å². The summed E-state index contributed by atoms with van der Waals surface area (Å²) in [6, 6.07) is 0. The van der Waals surface area contributed by atoms with E-state index in [0.29, 0.717) is 22.0 Å². The Balaban J connectivity index is 3.00. The van der Waals surface area contributed by atoms with Crippen LogP contribution in [-0.4, -0.2) is 33.8 Å². The lowest BCUT2D eigenvalue weighted by Crippen LogP contribution is -2.39. The number of rotatable bonds is 4. The summed E-state index contributed by atoms with van der Waals surface area (Å²) in [5, 5.41) is 10.2. The average molecular weight is 309 g/mol. The number of halogens is 2. The van der Waals surface area contributed by atoms with Crippen LogP contribution in [-0.2, 0) is 0 Å². The van der Waals surface area contributed by atoms with Gasteiger partial charge in [-0.25, -0.2) is 9.97 Å². The number of aliphatic hydroxyl groups is 1. The summed E-state index contributed by atoms with van der Waals surface area (Å²) < 4.78 is 0.655. The lowest BCUT2D eigenvalue weighted by molar-refractivity contribution is 0.0874. The predicted octanol–water partition coefficient (Wildman–Crippen LogP) is 2.49. The van der Waals surface area contributed by atoms with E-state index in [9.17, 15) is 5.11 Å². The standard InChI is InChI=1S/C10H15BrClN3O/c1-4-15(5-10(2,3)16)9-7(11)8(12)13-6-14-9/h6,16H,4-5H2,1-3H3. The van der Waals surface area contributed by atoms with Gasteiger partial charge in [-0.05, 0) is 36.7 Å². The molecule has 1 heterocycles. The fourth-order valence-electron chi connectivity index (χ4n) is 1.36. The Morgan fingerprint density at radius 2 is 2.12 bits per heavy atom. The lowest BCUT2D eigenvalue weighted by atomic mass is 10.1. The highest BCUT2D eigenvalue weighted by Crippen LogP contribution is 2.29. The maximum absolute atomic E-state index is 9.81. The van der Waals surface area contributed by atoms with Crippen LogP contribution in [0, 0.1) is 0 Å². The third kappa shape index (κ3) is 3.57. The summed E-state index contributed by atoms with van der Waals surface area (Å²) >= 11 is 9.25. The summed E-state index contributed by atoms with van der Waals surface area (Å²) in [7, 11) is 0. The van der Waals surface area contributed by atoms with Crippen LogP contribution in [0.5, 0.6) is 0 Å². The molecular formula is C10H15BrClN3O. The minimum Gasteiger partial charge on any atom is -0.389 e. The van der Waals surface area contributed by atoms with Crippen molar-refractivity contribution in [2.45, 2.75) is 26.4 Å². The van der Waals surface area contributed by atoms with Crippen LogP contribution in [0.2, 0.25) is 5.15 Å². The van der Waals surface area contributed by atoms with Gasteiger partial charge in [-0.1, -0.05) is 11.6 Å². The maximum atomic E-state index is 9.81. The van der Waals surface area contributed by atoms with Gasteiger partial charge in [0.2, 0.25) is 0 Å². The molecule has 0 aliphatic carbocycles. The molecule has 1 N–H and O–H groups in total. The summed E-state index contributed by atoms with van der Waals surface area (Å²) in [4.78, 5) is 9.98. The van der Waals surface area contributed by atoms with Crippen LogP contribution >= 0.6 is 27.5 Å². The molecule has 1 aromatic heterocycles. The second kappa shape index (κ2) is 5.29. The Kier molecular flexibility index (Phi) is 4.52. The SMILES string of the molecule is CCN(CC(C)(C)O)c1ncnc(Cl)c1Br. The smallest absolute Gasteiger partial charge is 0.148 e. The van der Waals surface area contributed by atoms with E-state index in [4.69, 9.17) is 11.6 Å². The second-order valence-electron chi connectivity index (χ2n) is 4.13. The molecule has 0 unspecified atom stereocenters. The monoisotopic (exact) mass is 307 g/mol. The molecule has 0 saturated heterocycles. The third-order valence-electron chi connectivity index (χ3n) is 1.99. The topological polar surface area (TPSA) is 49.2 Å². The first-order valence-corrected chi connectivity index (χ1v) is 6.15. The van der Waals surface area contributed by atoms with Gasteiger partial charge in [0.1, 0.15) is 17.3 Å². The molecule has 6 heteroatoms. The van der Waals surface area contributed by atoms with Gasteiger partial charge >= 0.3 is 0 Å². The molecule has 90 valence electrons. The number of anilines is 1. The zero-order chi connectivity index (χ0) is 12.3. The largest absolute Gasteiger partial charge is 0.389 e. The van der Waals surface area contributed by atoms with Crippen molar-refractivity contribution < 1.29 is 5.11 Å². The normalized spacial score (nSPS) is 11.6. The highest BCUT2D eigenvalue weighted by Gasteiger charge is 2.21. The van der Waals surface area contributed by atoms with Crippen LogP contribution in [0.3, 0.4) is 0 Å². The van der Waals surface area contributed by atoms with Gasteiger partial charge in [-0.15, -0.1) is 0 Å². The number of hydrogen-bond acceptors (Lipinski definition) is 4. The van der Waals surface area contributed by atoms with E-state index >= 15 is 0 Å². The Hall–Kier alpha value is -0.390. The molecular weight excluding hydrogens is 293 g/mol. The maximum Gasteiger partial charge on any atom is 0.148 e. The molecule has 0 aliphatic heterocycles. The van der Waals surface area contributed by atoms with E-state index in [1.807, 2.05) is 11.8 Å². The molecule has 16 heavy (non-hydrogen) atoms. The van der Waals surface area contributed by atoms with Gasteiger partial charge in [0, 0.05) is 13.1 Å². The van der Waals surface area contributed by atoms with Gasteiger partial charge in [-0.2, -0.15) is 0 Å². The first kappa shape index (κ1) is 13.7. The molecule has 0 spiro atoms. The minimum absolute atomic E-state index is 0.374. The molecule has 0 saturated carbocycles. The van der Waals surface area contributed by atoms with E-state index in [0.717, 1.165) is 6.54 Å². The molecule has 0 aromatic carbocycles. The van der Waals surface area contributed by atoms with Gasteiger partial charge in [0.15, 0.2) is 0 Å². The quantitative estimate of drug-likeness (QED) is 0.868. The number of nitrogens with zero attached hydrogens (tertiary/aromatic N) is 3. The molecule has 0 aliphatic rings. The van der Waals surface area contributed by atoms with Crippen molar-refractivity contribution in [1.82, 2.24) is 9.97 Å². The van der Waals surface area contributed by atoms with Crippen molar-refractivity contribution in [2.75, 3.05) is 18.0 Å². The molecule has 1 rings (SSSR count). The fraction of sp³-hybridized carbons (Fsp3) is 0.600. The Bertz CT molecular complexity index is 368. The van der Waals surface area contributed by atoms with E-state index < -0.39 is 5.60 Å². The van der Waals surface area contributed by atoms with Gasteiger partial charge in [0.25, 0.3) is 0 Å². The molecule has 4 nitrogen and oxygen atoms in total. The van der Waals surface area contributed by atoms with Gasteiger partial charge < -0.3 is 10.0 Å². The average Bonchev–Trinajstić information content (AvgIpc) is 2.18. The highest BCUT2D eigenvalue weighted by atomic mass is 79.9. The second-order valence-corrected chi connectivity index (χ2v) is 5.28. The molecule has 1 aromatic rings. The van der Waals surface area contributed by atoms with Crippen LogP contribution in [0.25, 0.3) is 0 Å². The van der Waals surface area contributed by atoms with E-state index in [1.54, 1.807) is 13.8 Å². The Morgan fingerprint density at radius 3 is 2.62 bits per heavy atom. The Labute approximate surface area is 109 Å². The van der Waals surface area contributed by atoms with Crippen LogP contribution in [0.15, 0.2) is 10.8 Å². The zero-order valence-corrected chi connectivity index (χ0v) is 11.9. The summed E-state index contributed by atoms with van der Waals surface area (Å²) in [5.74, 6) is 0.699. The molecule has 0 bridgehead atoms. The molecule has 0 radical (unpaired) electrons. The van der Waals surface area contributed by atoms with Crippen molar-refractivity contribution in [2.24, 2.45) is 0 Å². The fourth-order valence-corrected chi connectivity index (χ4v) is 1.95. The predicted molar refractivity (Wildman–Crippen MR) is 68.9 cm³/mol. The van der Waals surface area contributed by atoms with Crippen LogP contribution in [0.1, 0.15) is 20.8 Å². The summed E-state index contributed by atoms with van der Waals surface area (Å²) in [5.41, 5.74) is -0.785.